The SMILES string of the molecule is CCOC(=O)C(C(C)=O)C(C)C(C(C)=O)C(=O)OC1CC(C)CCC1C(C)C. The molecule has 0 aromatic heterocycles. The van der Waals surface area contributed by atoms with E-state index in [9.17, 15) is 19.2 Å². The van der Waals surface area contributed by atoms with Crippen LogP contribution in [0.1, 0.15) is 67.7 Å². The largest absolute Gasteiger partial charge is 0.465 e. The maximum absolute atomic E-state index is 13.0. The van der Waals surface area contributed by atoms with E-state index in [1.807, 2.05) is 0 Å². The van der Waals surface area contributed by atoms with Gasteiger partial charge in [0.1, 0.15) is 29.5 Å². The van der Waals surface area contributed by atoms with E-state index in [4.69, 9.17) is 9.47 Å². The fraction of sp³-hybridized carbons (Fsp3) is 0.818. The average molecular weight is 397 g/mol. The van der Waals surface area contributed by atoms with Crippen LogP contribution in [-0.2, 0) is 28.7 Å². The average Bonchev–Trinajstić information content (AvgIpc) is 2.54. The van der Waals surface area contributed by atoms with Crippen LogP contribution in [0.15, 0.2) is 0 Å². The molecule has 0 aromatic carbocycles. The summed E-state index contributed by atoms with van der Waals surface area (Å²) in [6.07, 6.45) is 2.60. The normalized spacial score (nSPS) is 25.5. The summed E-state index contributed by atoms with van der Waals surface area (Å²) < 4.78 is 10.8. The van der Waals surface area contributed by atoms with Crippen molar-refractivity contribution in [3.63, 3.8) is 0 Å². The molecular formula is C22H36O6. The molecule has 28 heavy (non-hydrogen) atoms. The van der Waals surface area contributed by atoms with Gasteiger partial charge >= 0.3 is 11.9 Å². The van der Waals surface area contributed by atoms with Crippen molar-refractivity contribution in [2.45, 2.75) is 73.8 Å². The Morgan fingerprint density at radius 2 is 1.46 bits per heavy atom. The summed E-state index contributed by atoms with van der Waals surface area (Å²) in [7, 11) is 0. The summed E-state index contributed by atoms with van der Waals surface area (Å²) in [6.45, 7) is 12.3. The molecular weight excluding hydrogens is 360 g/mol. The van der Waals surface area contributed by atoms with Crippen LogP contribution >= 0.6 is 0 Å². The van der Waals surface area contributed by atoms with E-state index >= 15 is 0 Å². The van der Waals surface area contributed by atoms with Gasteiger partial charge in [-0.3, -0.25) is 19.2 Å². The van der Waals surface area contributed by atoms with E-state index in [0.717, 1.165) is 19.3 Å². The molecule has 0 spiro atoms. The first-order chi connectivity index (χ1) is 13.0. The number of ketones is 2. The van der Waals surface area contributed by atoms with E-state index in [0.29, 0.717) is 11.8 Å². The third kappa shape index (κ3) is 6.14. The van der Waals surface area contributed by atoms with Gasteiger partial charge < -0.3 is 9.47 Å². The third-order valence-corrected chi connectivity index (χ3v) is 5.95. The molecule has 0 amide bonds. The second-order valence-corrected chi connectivity index (χ2v) is 8.59. The summed E-state index contributed by atoms with van der Waals surface area (Å²) in [5.74, 6) is -4.25. The quantitative estimate of drug-likeness (QED) is 0.437. The van der Waals surface area contributed by atoms with Gasteiger partial charge in [0.05, 0.1) is 6.61 Å². The molecule has 0 heterocycles. The molecule has 160 valence electrons. The molecule has 1 saturated carbocycles. The van der Waals surface area contributed by atoms with Gasteiger partial charge in [-0.15, -0.1) is 0 Å². The van der Waals surface area contributed by atoms with Gasteiger partial charge in [-0.1, -0.05) is 34.1 Å². The number of carbonyl (C=O) groups is 4. The second kappa shape index (κ2) is 10.7. The highest BCUT2D eigenvalue weighted by Crippen LogP contribution is 2.36. The topological polar surface area (TPSA) is 86.7 Å². The van der Waals surface area contributed by atoms with E-state index < -0.39 is 41.3 Å². The number of carbonyl (C=O) groups excluding carboxylic acids is 4. The summed E-state index contributed by atoms with van der Waals surface area (Å²) >= 11 is 0. The lowest BCUT2D eigenvalue weighted by molar-refractivity contribution is -0.167. The first-order valence-electron chi connectivity index (χ1n) is 10.4. The van der Waals surface area contributed by atoms with E-state index in [1.165, 1.54) is 13.8 Å². The first-order valence-corrected chi connectivity index (χ1v) is 10.4. The molecule has 6 unspecified atom stereocenters. The molecule has 0 radical (unpaired) electrons. The first kappa shape index (κ1) is 24.3. The van der Waals surface area contributed by atoms with Gasteiger partial charge in [-0.05, 0) is 57.3 Å². The minimum absolute atomic E-state index is 0.126. The fourth-order valence-corrected chi connectivity index (χ4v) is 4.40. The third-order valence-electron chi connectivity index (χ3n) is 5.95. The van der Waals surface area contributed by atoms with Gasteiger partial charge in [0.15, 0.2) is 0 Å². The number of esters is 2. The standard InChI is InChI=1S/C22H36O6/c1-8-27-21(25)19(15(6)23)14(5)20(16(7)24)22(26)28-18-11-13(4)9-10-17(18)12(2)3/h12-14,17-20H,8-11H2,1-7H3. The lowest BCUT2D eigenvalue weighted by Crippen LogP contribution is -2.43. The van der Waals surface area contributed by atoms with Crippen LogP contribution in [0.25, 0.3) is 0 Å². The summed E-state index contributed by atoms with van der Waals surface area (Å²) in [5.41, 5.74) is 0. The predicted molar refractivity (Wildman–Crippen MR) is 105 cm³/mol. The molecule has 1 rings (SSSR count). The van der Waals surface area contributed by atoms with Crippen molar-refractivity contribution in [1.29, 1.82) is 0 Å². The highest BCUT2D eigenvalue weighted by Gasteiger charge is 2.43. The van der Waals surface area contributed by atoms with Gasteiger partial charge in [-0.2, -0.15) is 0 Å². The Hall–Kier alpha value is -1.72. The monoisotopic (exact) mass is 396 g/mol. The van der Waals surface area contributed by atoms with Crippen LogP contribution in [0.2, 0.25) is 0 Å². The lowest BCUT2D eigenvalue weighted by Gasteiger charge is -2.37. The molecule has 0 N–H and O–H groups in total. The molecule has 6 heteroatoms. The Kier molecular flexibility index (Phi) is 9.31. The van der Waals surface area contributed by atoms with E-state index in [-0.39, 0.29) is 18.6 Å². The van der Waals surface area contributed by atoms with Crippen molar-refractivity contribution in [3.8, 4) is 0 Å². The zero-order chi connectivity index (χ0) is 21.6. The van der Waals surface area contributed by atoms with Gasteiger partial charge in [-0.25, -0.2) is 0 Å². The Bertz CT molecular complexity index is 582. The molecule has 1 aliphatic carbocycles. The number of hydrogen-bond acceptors (Lipinski definition) is 6. The Morgan fingerprint density at radius 1 is 0.929 bits per heavy atom. The molecule has 6 atom stereocenters. The zero-order valence-electron chi connectivity index (χ0n) is 18.3. The summed E-state index contributed by atoms with van der Waals surface area (Å²) in [5, 5.41) is 0. The Labute approximate surface area is 168 Å². The fourth-order valence-electron chi connectivity index (χ4n) is 4.40. The number of rotatable bonds is 9. The van der Waals surface area contributed by atoms with E-state index in [2.05, 4.69) is 20.8 Å². The highest BCUT2D eigenvalue weighted by molar-refractivity contribution is 6.02. The highest BCUT2D eigenvalue weighted by atomic mass is 16.5. The van der Waals surface area contributed by atoms with E-state index in [1.54, 1.807) is 13.8 Å². The molecule has 1 aliphatic rings. The summed E-state index contributed by atoms with van der Waals surface area (Å²) in [4.78, 5) is 49.6. The van der Waals surface area contributed by atoms with Crippen LogP contribution in [0.5, 0.6) is 0 Å². The van der Waals surface area contributed by atoms with Crippen molar-refractivity contribution < 1.29 is 28.7 Å². The van der Waals surface area contributed by atoms with Crippen molar-refractivity contribution in [1.82, 2.24) is 0 Å². The van der Waals surface area contributed by atoms with Crippen molar-refractivity contribution >= 4 is 23.5 Å². The minimum Gasteiger partial charge on any atom is -0.465 e. The molecule has 6 nitrogen and oxygen atoms in total. The van der Waals surface area contributed by atoms with Gasteiger partial charge in [0, 0.05) is 0 Å². The lowest BCUT2D eigenvalue weighted by atomic mass is 9.75. The smallest absolute Gasteiger partial charge is 0.317 e. The number of ether oxygens (including phenoxy) is 2. The summed E-state index contributed by atoms with van der Waals surface area (Å²) in [6, 6.07) is 0. The van der Waals surface area contributed by atoms with Crippen LogP contribution in [-0.4, -0.2) is 36.2 Å². The number of hydrogen-bond donors (Lipinski definition) is 0. The maximum Gasteiger partial charge on any atom is 0.317 e. The molecule has 0 bridgehead atoms. The molecule has 1 fully saturated rings. The van der Waals surface area contributed by atoms with Crippen LogP contribution in [0.4, 0.5) is 0 Å². The van der Waals surface area contributed by atoms with Gasteiger partial charge in [0.25, 0.3) is 0 Å². The van der Waals surface area contributed by atoms with Crippen molar-refractivity contribution in [2.75, 3.05) is 6.61 Å². The predicted octanol–water partition coefficient (Wildman–Crippen LogP) is 3.60. The molecule has 0 aliphatic heterocycles. The van der Waals surface area contributed by atoms with Crippen LogP contribution in [0, 0.1) is 35.5 Å². The molecule has 0 aromatic rings. The number of Topliss-reactive ketones (excluding diaryl/α,β-unsaturated/α-hetero) is 2. The Balaban J connectivity index is 3.05. The maximum atomic E-state index is 13.0. The minimum atomic E-state index is -1.16. The van der Waals surface area contributed by atoms with Crippen molar-refractivity contribution in [2.24, 2.45) is 35.5 Å². The second-order valence-electron chi connectivity index (χ2n) is 8.59. The van der Waals surface area contributed by atoms with Crippen LogP contribution in [0.3, 0.4) is 0 Å². The van der Waals surface area contributed by atoms with Crippen LogP contribution < -0.4 is 0 Å². The molecule has 0 saturated heterocycles. The van der Waals surface area contributed by atoms with Gasteiger partial charge in [0.2, 0.25) is 0 Å². The Morgan fingerprint density at radius 3 is 1.93 bits per heavy atom. The zero-order valence-corrected chi connectivity index (χ0v) is 18.3. The van der Waals surface area contributed by atoms with Crippen molar-refractivity contribution in [3.05, 3.63) is 0 Å².